The zero-order valence-electron chi connectivity index (χ0n) is 12.7. The Labute approximate surface area is 113 Å². The van der Waals surface area contributed by atoms with E-state index in [1.54, 1.807) is 0 Å². The monoisotopic (exact) mass is 256 g/mol. The summed E-state index contributed by atoms with van der Waals surface area (Å²) in [7, 11) is 4.06. The fraction of sp³-hybridized carbons (Fsp3) is 1.00. The number of nitrogens with zero attached hydrogens (tertiary/aromatic N) is 1. The molecule has 1 N–H and O–H groups in total. The molecule has 1 rings (SSSR count). The van der Waals surface area contributed by atoms with E-state index in [1.165, 1.54) is 45.1 Å². The average Bonchev–Trinajstić information content (AvgIpc) is 2.38. The number of methoxy groups -OCH3 is 1. The van der Waals surface area contributed by atoms with Gasteiger partial charge in [0.05, 0.1) is 6.10 Å². The lowest BCUT2D eigenvalue weighted by atomic mass is 9.92. The molecule has 0 radical (unpaired) electrons. The fourth-order valence-corrected chi connectivity index (χ4v) is 2.64. The van der Waals surface area contributed by atoms with Gasteiger partial charge in [0, 0.05) is 19.2 Å². The van der Waals surface area contributed by atoms with Crippen LogP contribution in [0.4, 0.5) is 0 Å². The Morgan fingerprint density at radius 2 is 1.94 bits per heavy atom. The largest absolute Gasteiger partial charge is 0.380 e. The zero-order chi connectivity index (χ0) is 13.4. The van der Waals surface area contributed by atoms with Crippen molar-refractivity contribution < 1.29 is 4.74 Å². The van der Waals surface area contributed by atoms with E-state index in [9.17, 15) is 0 Å². The third-order valence-corrected chi connectivity index (χ3v) is 4.23. The first kappa shape index (κ1) is 15.9. The molecule has 0 saturated heterocycles. The van der Waals surface area contributed by atoms with E-state index in [1.807, 2.05) is 7.11 Å². The predicted molar refractivity (Wildman–Crippen MR) is 78.1 cm³/mol. The summed E-state index contributed by atoms with van der Waals surface area (Å²) in [5.41, 5.74) is 0. The minimum atomic E-state index is 0.442. The van der Waals surface area contributed by atoms with Crippen LogP contribution in [0.15, 0.2) is 0 Å². The third-order valence-electron chi connectivity index (χ3n) is 4.23. The molecule has 0 aliphatic heterocycles. The SMILES string of the molecule is COC1CCCCC1NCCCCN(C)C(C)C. The van der Waals surface area contributed by atoms with Crippen molar-refractivity contribution in [3.05, 3.63) is 0 Å². The molecule has 108 valence electrons. The van der Waals surface area contributed by atoms with Gasteiger partial charge in [-0.3, -0.25) is 0 Å². The summed E-state index contributed by atoms with van der Waals surface area (Å²) in [6, 6.07) is 1.25. The molecule has 3 heteroatoms. The smallest absolute Gasteiger partial charge is 0.0724 e. The number of rotatable bonds is 8. The van der Waals surface area contributed by atoms with Crippen LogP contribution in [0.3, 0.4) is 0 Å². The summed E-state index contributed by atoms with van der Waals surface area (Å²) >= 11 is 0. The molecular weight excluding hydrogens is 224 g/mol. The number of ether oxygens (including phenoxy) is 1. The van der Waals surface area contributed by atoms with Crippen LogP contribution < -0.4 is 5.32 Å². The maximum atomic E-state index is 5.56. The van der Waals surface area contributed by atoms with Crippen molar-refractivity contribution >= 4 is 0 Å². The lowest BCUT2D eigenvalue weighted by Gasteiger charge is -2.31. The van der Waals surface area contributed by atoms with Crippen molar-refractivity contribution in [2.24, 2.45) is 0 Å². The minimum Gasteiger partial charge on any atom is -0.380 e. The summed E-state index contributed by atoms with van der Waals surface area (Å²) in [6.45, 7) is 6.85. The van der Waals surface area contributed by atoms with Gasteiger partial charge in [0.1, 0.15) is 0 Å². The Morgan fingerprint density at radius 1 is 1.22 bits per heavy atom. The van der Waals surface area contributed by atoms with Gasteiger partial charge >= 0.3 is 0 Å². The van der Waals surface area contributed by atoms with Crippen molar-refractivity contribution in [1.29, 1.82) is 0 Å². The molecule has 18 heavy (non-hydrogen) atoms. The van der Waals surface area contributed by atoms with Gasteiger partial charge in [-0.05, 0) is 59.7 Å². The first-order chi connectivity index (χ1) is 8.65. The second-order valence-electron chi connectivity index (χ2n) is 5.90. The Bertz CT molecular complexity index is 209. The average molecular weight is 256 g/mol. The van der Waals surface area contributed by atoms with Crippen molar-refractivity contribution in [3.63, 3.8) is 0 Å². The van der Waals surface area contributed by atoms with E-state index in [2.05, 4.69) is 31.1 Å². The maximum absolute atomic E-state index is 5.56. The third kappa shape index (κ3) is 5.68. The summed E-state index contributed by atoms with van der Waals surface area (Å²) < 4.78 is 5.56. The maximum Gasteiger partial charge on any atom is 0.0724 e. The van der Waals surface area contributed by atoms with E-state index in [4.69, 9.17) is 4.74 Å². The molecule has 0 heterocycles. The van der Waals surface area contributed by atoms with E-state index >= 15 is 0 Å². The molecule has 0 bridgehead atoms. The van der Waals surface area contributed by atoms with Crippen LogP contribution in [-0.4, -0.2) is 50.3 Å². The van der Waals surface area contributed by atoms with Crippen LogP contribution in [0.5, 0.6) is 0 Å². The van der Waals surface area contributed by atoms with Crippen molar-refractivity contribution in [2.45, 2.75) is 70.6 Å². The van der Waals surface area contributed by atoms with Crippen LogP contribution in [0.2, 0.25) is 0 Å². The molecule has 1 aliphatic rings. The van der Waals surface area contributed by atoms with Crippen molar-refractivity contribution in [2.75, 3.05) is 27.2 Å². The van der Waals surface area contributed by atoms with Crippen molar-refractivity contribution in [1.82, 2.24) is 10.2 Å². The highest BCUT2D eigenvalue weighted by Gasteiger charge is 2.23. The van der Waals surface area contributed by atoms with Gasteiger partial charge in [0.2, 0.25) is 0 Å². The normalized spacial score (nSPS) is 25.0. The summed E-state index contributed by atoms with van der Waals surface area (Å²) in [5.74, 6) is 0. The van der Waals surface area contributed by atoms with Crippen molar-refractivity contribution in [3.8, 4) is 0 Å². The second kappa shape index (κ2) is 8.89. The van der Waals surface area contributed by atoms with Gasteiger partial charge in [-0.15, -0.1) is 0 Å². The van der Waals surface area contributed by atoms with Crippen LogP contribution in [0.1, 0.15) is 52.4 Å². The van der Waals surface area contributed by atoms with E-state index < -0.39 is 0 Å². The molecule has 2 atom stereocenters. The van der Waals surface area contributed by atoms with Crippen LogP contribution in [0.25, 0.3) is 0 Å². The lowest BCUT2D eigenvalue weighted by Crippen LogP contribution is -2.43. The topological polar surface area (TPSA) is 24.5 Å². The zero-order valence-corrected chi connectivity index (χ0v) is 12.7. The van der Waals surface area contributed by atoms with Gasteiger partial charge in [-0.1, -0.05) is 12.8 Å². The van der Waals surface area contributed by atoms with E-state index in [0.29, 0.717) is 18.2 Å². The van der Waals surface area contributed by atoms with Gasteiger partial charge in [-0.25, -0.2) is 0 Å². The molecule has 1 fully saturated rings. The summed E-state index contributed by atoms with van der Waals surface area (Å²) in [5, 5.41) is 3.68. The molecule has 2 unspecified atom stereocenters. The van der Waals surface area contributed by atoms with E-state index in [0.717, 1.165) is 6.54 Å². The number of hydrogen-bond acceptors (Lipinski definition) is 3. The van der Waals surface area contributed by atoms with E-state index in [-0.39, 0.29) is 0 Å². The Hall–Kier alpha value is -0.120. The molecule has 0 aromatic rings. The Balaban J connectivity index is 2.06. The molecule has 0 spiro atoms. The highest BCUT2D eigenvalue weighted by Crippen LogP contribution is 2.20. The molecule has 3 nitrogen and oxygen atoms in total. The summed E-state index contributed by atoms with van der Waals surface area (Å²) in [4.78, 5) is 2.42. The van der Waals surface area contributed by atoms with Gasteiger partial charge in [-0.2, -0.15) is 0 Å². The number of nitrogens with one attached hydrogen (secondary N) is 1. The minimum absolute atomic E-state index is 0.442. The highest BCUT2D eigenvalue weighted by molar-refractivity contribution is 4.81. The van der Waals surface area contributed by atoms with Gasteiger partial charge in [0.15, 0.2) is 0 Å². The molecular formula is C15H32N2O. The molecule has 1 aliphatic carbocycles. The molecule has 1 saturated carbocycles. The number of hydrogen-bond donors (Lipinski definition) is 1. The predicted octanol–water partition coefficient (Wildman–Crippen LogP) is 2.65. The highest BCUT2D eigenvalue weighted by atomic mass is 16.5. The quantitative estimate of drug-likeness (QED) is 0.676. The van der Waals surface area contributed by atoms with Crippen LogP contribution in [-0.2, 0) is 4.74 Å². The standard InChI is InChI=1S/C15H32N2O/c1-13(2)17(3)12-8-7-11-16-14-9-5-6-10-15(14)18-4/h13-16H,5-12H2,1-4H3. The van der Waals surface area contributed by atoms with Gasteiger partial charge in [0.25, 0.3) is 0 Å². The summed E-state index contributed by atoms with van der Waals surface area (Å²) in [6.07, 6.45) is 8.19. The number of unbranched alkanes of at least 4 members (excludes halogenated alkanes) is 1. The Morgan fingerprint density at radius 3 is 2.61 bits per heavy atom. The second-order valence-corrected chi connectivity index (χ2v) is 5.90. The van der Waals surface area contributed by atoms with Gasteiger partial charge < -0.3 is 15.0 Å². The van der Waals surface area contributed by atoms with Crippen LogP contribution in [0, 0.1) is 0 Å². The molecule has 0 aromatic carbocycles. The Kier molecular flexibility index (Phi) is 7.87. The van der Waals surface area contributed by atoms with Crippen LogP contribution >= 0.6 is 0 Å². The fourth-order valence-electron chi connectivity index (χ4n) is 2.64. The first-order valence-corrected chi connectivity index (χ1v) is 7.61. The lowest BCUT2D eigenvalue weighted by molar-refractivity contribution is 0.0418. The first-order valence-electron chi connectivity index (χ1n) is 7.61. The molecule has 0 amide bonds. The molecule has 0 aromatic heterocycles.